The highest BCUT2D eigenvalue weighted by atomic mass is 16.1. The standard InChI is InChI=1S/C23H22N2O/c1-15-12-20(21(14-24)22(26)25-15)18-7-5-6-17(13-18)16-8-10-19(11-9-16)23(2,3)4/h5-13H,1-4H3,(H,25,26). The summed E-state index contributed by atoms with van der Waals surface area (Å²) in [5.41, 5.74) is 5.65. The third-order valence-electron chi connectivity index (χ3n) is 4.54. The zero-order valence-electron chi connectivity index (χ0n) is 15.6. The molecule has 0 aliphatic carbocycles. The Morgan fingerprint density at radius 1 is 0.923 bits per heavy atom. The van der Waals surface area contributed by atoms with Crippen molar-refractivity contribution in [2.24, 2.45) is 0 Å². The van der Waals surface area contributed by atoms with Crippen LogP contribution in [0.2, 0.25) is 0 Å². The van der Waals surface area contributed by atoms with Crippen molar-refractivity contribution in [2.75, 3.05) is 0 Å². The fourth-order valence-electron chi connectivity index (χ4n) is 3.06. The molecule has 1 heterocycles. The molecular weight excluding hydrogens is 320 g/mol. The summed E-state index contributed by atoms with van der Waals surface area (Å²) in [7, 11) is 0. The van der Waals surface area contributed by atoms with Crippen LogP contribution in [0.25, 0.3) is 22.3 Å². The fourth-order valence-corrected chi connectivity index (χ4v) is 3.06. The van der Waals surface area contributed by atoms with Crippen molar-refractivity contribution in [3.05, 3.63) is 81.8 Å². The Hall–Kier alpha value is -3.12. The third-order valence-corrected chi connectivity index (χ3v) is 4.54. The van der Waals surface area contributed by atoms with Crippen LogP contribution in [0.3, 0.4) is 0 Å². The molecule has 0 fully saturated rings. The van der Waals surface area contributed by atoms with Crippen molar-refractivity contribution in [1.29, 1.82) is 5.26 Å². The second kappa shape index (κ2) is 6.65. The molecule has 0 aliphatic rings. The number of H-pyrrole nitrogens is 1. The first kappa shape index (κ1) is 17.7. The number of nitrogens with one attached hydrogen (secondary N) is 1. The van der Waals surface area contributed by atoms with E-state index in [2.05, 4.69) is 50.0 Å². The number of nitrogens with zero attached hydrogens (tertiary/aromatic N) is 1. The number of pyridine rings is 1. The molecule has 0 spiro atoms. The minimum Gasteiger partial charge on any atom is -0.325 e. The molecule has 0 bridgehead atoms. The minimum atomic E-state index is -0.345. The first-order valence-corrected chi connectivity index (χ1v) is 8.65. The van der Waals surface area contributed by atoms with Crippen LogP contribution in [0.1, 0.15) is 37.6 Å². The predicted molar refractivity (Wildman–Crippen MR) is 106 cm³/mol. The van der Waals surface area contributed by atoms with Crippen LogP contribution < -0.4 is 5.56 Å². The summed E-state index contributed by atoms with van der Waals surface area (Å²) >= 11 is 0. The molecule has 0 amide bonds. The SMILES string of the molecule is Cc1cc(-c2cccc(-c3ccc(C(C)(C)C)cc3)c2)c(C#N)c(=O)[nH]1. The molecule has 1 aromatic heterocycles. The molecule has 0 saturated carbocycles. The Kier molecular flexibility index (Phi) is 4.52. The molecule has 0 radical (unpaired) electrons. The number of aromatic amines is 1. The maximum atomic E-state index is 12.1. The lowest BCUT2D eigenvalue weighted by molar-refractivity contribution is 0.590. The topological polar surface area (TPSA) is 56.6 Å². The van der Waals surface area contributed by atoms with Gasteiger partial charge in [-0.05, 0) is 46.7 Å². The Bertz CT molecular complexity index is 1050. The number of hydrogen-bond donors (Lipinski definition) is 1. The Balaban J connectivity index is 2.08. The van der Waals surface area contributed by atoms with E-state index >= 15 is 0 Å². The van der Waals surface area contributed by atoms with Crippen molar-refractivity contribution in [2.45, 2.75) is 33.1 Å². The average molecular weight is 342 g/mol. The second-order valence-corrected chi connectivity index (χ2v) is 7.59. The monoisotopic (exact) mass is 342 g/mol. The van der Waals surface area contributed by atoms with E-state index in [1.54, 1.807) is 0 Å². The average Bonchev–Trinajstić information content (AvgIpc) is 2.60. The molecule has 130 valence electrons. The maximum Gasteiger partial charge on any atom is 0.266 e. The van der Waals surface area contributed by atoms with Gasteiger partial charge in [0.25, 0.3) is 5.56 Å². The number of benzene rings is 2. The van der Waals surface area contributed by atoms with E-state index in [0.29, 0.717) is 5.56 Å². The Morgan fingerprint density at radius 2 is 1.58 bits per heavy atom. The summed E-state index contributed by atoms with van der Waals surface area (Å²) in [6, 6.07) is 20.4. The van der Waals surface area contributed by atoms with Crippen LogP contribution in [-0.4, -0.2) is 4.98 Å². The summed E-state index contributed by atoms with van der Waals surface area (Å²) in [5, 5.41) is 9.37. The summed E-state index contributed by atoms with van der Waals surface area (Å²) in [6.45, 7) is 8.41. The smallest absolute Gasteiger partial charge is 0.266 e. The molecule has 0 atom stereocenters. The second-order valence-electron chi connectivity index (χ2n) is 7.59. The van der Waals surface area contributed by atoms with Crippen molar-refractivity contribution >= 4 is 0 Å². The van der Waals surface area contributed by atoms with E-state index in [0.717, 1.165) is 22.4 Å². The lowest BCUT2D eigenvalue weighted by Gasteiger charge is -2.19. The van der Waals surface area contributed by atoms with E-state index in [1.165, 1.54) is 5.56 Å². The van der Waals surface area contributed by atoms with Crippen LogP contribution in [0.4, 0.5) is 0 Å². The van der Waals surface area contributed by atoms with Gasteiger partial charge in [-0.25, -0.2) is 0 Å². The fraction of sp³-hybridized carbons (Fsp3) is 0.217. The minimum absolute atomic E-state index is 0.116. The largest absolute Gasteiger partial charge is 0.325 e. The van der Waals surface area contributed by atoms with Gasteiger partial charge < -0.3 is 4.98 Å². The van der Waals surface area contributed by atoms with E-state index in [1.807, 2.05) is 43.3 Å². The van der Waals surface area contributed by atoms with E-state index in [-0.39, 0.29) is 16.5 Å². The normalized spacial score (nSPS) is 11.2. The van der Waals surface area contributed by atoms with Crippen LogP contribution in [-0.2, 0) is 5.41 Å². The highest BCUT2D eigenvalue weighted by Gasteiger charge is 2.14. The van der Waals surface area contributed by atoms with Gasteiger partial charge in [-0.3, -0.25) is 4.79 Å². The molecule has 3 nitrogen and oxygen atoms in total. The van der Waals surface area contributed by atoms with Crippen molar-refractivity contribution < 1.29 is 0 Å². The van der Waals surface area contributed by atoms with Gasteiger partial charge in [-0.15, -0.1) is 0 Å². The molecule has 26 heavy (non-hydrogen) atoms. The highest BCUT2D eigenvalue weighted by molar-refractivity contribution is 5.76. The lowest BCUT2D eigenvalue weighted by atomic mass is 9.86. The number of rotatable bonds is 2. The highest BCUT2D eigenvalue weighted by Crippen LogP contribution is 2.29. The molecule has 0 aliphatic heterocycles. The van der Waals surface area contributed by atoms with Gasteiger partial charge in [0, 0.05) is 11.3 Å². The molecule has 3 heteroatoms. The Labute approximate surface area is 154 Å². The summed E-state index contributed by atoms with van der Waals surface area (Å²) in [5.74, 6) is 0. The van der Waals surface area contributed by atoms with Gasteiger partial charge in [0.1, 0.15) is 11.6 Å². The molecule has 3 rings (SSSR count). The van der Waals surface area contributed by atoms with E-state index in [4.69, 9.17) is 0 Å². The predicted octanol–water partition coefficient (Wildman–Crippen LogP) is 5.19. The lowest BCUT2D eigenvalue weighted by Crippen LogP contribution is -2.12. The molecule has 2 aromatic carbocycles. The quantitative estimate of drug-likeness (QED) is 0.697. The molecule has 3 aromatic rings. The molecular formula is C23H22N2O. The van der Waals surface area contributed by atoms with Crippen LogP contribution in [0.15, 0.2) is 59.4 Å². The van der Waals surface area contributed by atoms with Crippen molar-refractivity contribution in [3.8, 4) is 28.3 Å². The number of hydrogen-bond acceptors (Lipinski definition) is 2. The summed E-state index contributed by atoms with van der Waals surface area (Å²) in [4.78, 5) is 14.8. The molecule has 0 saturated heterocycles. The van der Waals surface area contributed by atoms with Gasteiger partial charge in [-0.1, -0.05) is 63.2 Å². The van der Waals surface area contributed by atoms with Gasteiger partial charge in [0.2, 0.25) is 0 Å². The first-order valence-electron chi connectivity index (χ1n) is 8.65. The van der Waals surface area contributed by atoms with Gasteiger partial charge in [0.05, 0.1) is 0 Å². The third kappa shape index (κ3) is 3.45. The Morgan fingerprint density at radius 3 is 2.19 bits per heavy atom. The van der Waals surface area contributed by atoms with Crippen molar-refractivity contribution in [1.82, 2.24) is 4.98 Å². The summed E-state index contributed by atoms with van der Waals surface area (Å²) in [6.07, 6.45) is 0. The molecule has 0 unspecified atom stereocenters. The molecule has 1 N–H and O–H groups in total. The van der Waals surface area contributed by atoms with E-state index in [9.17, 15) is 10.1 Å². The van der Waals surface area contributed by atoms with E-state index < -0.39 is 0 Å². The zero-order valence-corrected chi connectivity index (χ0v) is 15.6. The van der Waals surface area contributed by atoms with Gasteiger partial charge in [0.15, 0.2) is 0 Å². The number of aromatic nitrogens is 1. The van der Waals surface area contributed by atoms with Crippen LogP contribution in [0, 0.1) is 18.3 Å². The van der Waals surface area contributed by atoms with Crippen molar-refractivity contribution in [3.63, 3.8) is 0 Å². The van der Waals surface area contributed by atoms with Crippen LogP contribution in [0.5, 0.6) is 0 Å². The summed E-state index contributed by atoms with van der Waals surface area (Å²) < 4.78 is 0. The zero-order chi connectivity index (χ0) is 18.9. The first-order chi connectivity index (χ1) is 12.3. The number of aryl methyl sites for hydroxylation is 1. The van der Waals surface area contributed by atoms with Crippen LogP contribution >= 0.6 is 0 Å². The van der Waals surface area contributed by atoms with Gasteiger partial charge >= 0.3 is 0 Å². The van der Waals surface area contributed by atoms with Gasteiger partial charge in [-0.2, -0.15) is 5.26 Å². The maximum absolute atomic E-state index is 12.1. The number of nitriles is 1.